The van der Waals surface area contributed by atoms with E-state index in [1.807, 2.05) is 20.8 Å². The van der Waals surface area contributed by atoms with Crippen LogP contribution in [0, 0.1) is 17.8 Å². The Morgan fingerprint density at radius 2 is 1.15 bits per heavy atom. The third-order valence-electron chi connectivity index (χ3n) is 15.6. The van der Waals surface area contributed by atoms with Crippen molar-refractivity contribution in [2.24, 2.45) is 17.8 Å². The zero-order valence-corrected chi connectivity index (χ0v) is 45.6. The first-order valence-electron chi connectivity index (χ1n) is 26.2. The molecule has 11 amide bonds. The molecule has 4 aliphatic rings. The van der Waals surface area contributed by atoms with Crippen LogP contribution in [0.2, 0.25) is 0 Å². The van der Waals surface area contributed by atoms with Crippen LogP contribution in [0.5, 0.6) is 0 Å². The largest absolute Gasteiger partial charge is 0.345 e. The van der Waals surface area contributed by atoms with Gasteiger partial charge in [-0.3, -0.25) is 52.7 Å². The summed E-state index contributed by atoms with van der Waals surface area (Å²) in [6.45, 7) is 7.23. The molecular weight excluding hydrogens is 943 g/mol. The number of carbonyl (C=O) groups excluding carboxylic acids is 11. The fourth-order valence-electron chi connectivity index (χ4n) is 10.5. The highest BCUT2D eigenvalue weighted by atomic mass is 16.2. The van der Waals surface area contributed by atoms with Gasteiger partial charge in [0, 0.05) is 68.3 Å². The molecule has 22 nitrogen and oxygen atoms in total. The van der Waals surface area contributed by atoms with Crippen molar-refractivity contribution in [1.29, 1.82) is 0 Å². The molecule has 4 fully saturated rings. The van der Waals surface area contributed by atoms with Crippen molar-refractivity contribution in [2.75, 3.05) is 88.6 Å². The summed E-state index contributed by atoms with van der Waals surface area (Å²) < 4.78 is 0. The van der Waals surface area contributed by atoms with Gasteiger partial charge in [0.25, 0.3) is 0 Å². The summed E-state index contributed by atoms with van der Waals surface area (Å²) in [5.74, 6) is -6.41. The first kappa shape index (κ1) is 59.7. The number of likely N-dealkylation sites (N-methyl/N-ethyl adjacent to an activating group) is 7. The van der Waals surface area contributed by atoms with Crippen LogP contribution >= 0.6 is 0 Å². The lowest BCUT2D eigenvalue weighted by molar-refractivity contribution is -0.153. The smallest absolute Gasteiger partial charge is 0.248 e. The molecule has 6 atom stereocenters. The molecule has 73 heavy (non-hydrogen) atoms. The minimum absolute atomic E-state index is 0.0536. The summed E-state index contributed by atoms with van der Waals surface area (Å²) in [7, 11) is 10.2. The molecule has 2 heterocycles. The van der Waals surface area contributed by atoms with Crippen LogP contribution in [0.4, 0.5) is 0 Å². The second kappa shape index (κ2) is 26.4. The summed E-state index contributed by atoms with van der Waals surface area (Å²) in [5.41, 5.74) is -1.34. The summed E-state index contributed by atoms with van der Waals surface area (Å²) in [6, 6.07) is -4.57. The summed E-state index contributed by atoms with van der Waals surface area (Å²) >= 11 is 0. The SMILES string of the molecule is CC[C@H](C)C1NC(=O)C(CC(C)C)N(C)C(=O)CC(C)N(C)C(=O)C(C2CCCC2)N(C)C(=O)C2(CCCC2)NC(=O)C2CCCN2C(=O)CNC(=O)CN(C)C(=O)CN(C)C(=O)CN(C)C(=O)CN(C)C1=O. The van der Waals surface area contributed by atoms with Gasteiger partial charge in [0.2, 0.25) is 65.0 Å². The molecule has 0 aromatic heterocycles. The summed E-state index contributed by atoms with van der Waals surface area (Å²) in [6.07, 6.45) is 6.52. The first-order valence-corrected chi connectivity index (χ1v) is 26.2. The molecule has 0 bridgehead atoms. The Morgan fingerprint density at radius 3 is 1.70 bits per heavy atom. The van der Waals surface area contributed by atoms with Crippen molar-refractivity contribution in [3.05, 3.63) is 0 Å². The van der Waals surface area contributed by atoms with E-state index in [4.69, 9.17) is 0 Å². The van der Waals surface area contributed by atoms with E-state index >= 15 is 0 Å². The van der Waals surface area contributed by atoms with Crippen LogP contribution < -0.4 is 16.0 Å². The lowest BCUT2D eigenvalue weighted by Crippen LogP contribution is -2.64. The minimum atomic E-state index is -1.34. The Morgan fingerprint density at radius 1 is 0.603 bits per heavy atom. The Hall–Kier alpha value is -5.83. The zero-order valence-electron chi connectivity index (χ0n) is 45.6. The fraction of sp³-hybridized carbons (Fsp3) is 0.784. The number of carbonyl (C=O) groups is 11. The van der Waals surface area contributed by atoms with Gasteiger partial charge < -0.3 is 55.1 Å². The maximum Gasteiger partial charge on any atom is 0.248 e. The van der Waals surface area contributed by atoms with Crippen molar-refractivity contribution in [2.45, 2.75) is 154 Å². The normalized spacial score (nSPS) is 27.3. The average Bonchev–Trinajstić information content (AvgIpc) is 4.17. The van der Waals surface area contributed by atoms with Crippen LogP contribution in [0.1, 0.15) is 118 Å². The molecule has 2 saturated heterocycles. The molecule has 3 N–H and O–H groups in total. The van der Waals surface area contributed by atoms with Gasteiger partial charge in [-0.05, 0) is 69.6 Å². The lowest BCUT2D eigenvalue weighted by Gasteiger charge is -2.41. The maximum atomic E-state index is 14.9. The highest BCUT2D eigenvalue weighted by Crippen LogP contribution is 2.37. The number of fused-ring (bicyclic) bond motifs is 1. The number of nitrogens with zero attached hydrogens (tertiary/aromatic N) is 8. The lowest BCUT2D eigenvalue weighted by atomic mass is 9.90. The predicted octanol–water partition coefficient (Wildman–Crippen LogP) is 0.0280. The van der Waals surface area contributed by atoms with Crippen molar-refractivity contribution in [1.82, 2.24) is 55.1 Å². The minimum Gasteiger partial charge on any atom is -0.345 e. The number of amides is 11. The van der Waals surface area contributed by atoms with E-state index in [0.29, 0.717) is 57.8 Å². The third kappa shape index (κ3) is 15.1. The van der Waals surface area contributed by atoms with E-state index in [0.717, 1.165) is 27.5 Å². The van der Waals surface area contributed by atoms with E-state index in [9.17, 15) is 52.7 Å². The van der Waals surface area contributed by atoms with Crippen LogP contribution in [0.15, 0.2) is 0 Å². The third-order valence-corrected chi connectivity index (χ3v) is 15.6. The van der Waals surface area contributed by atoms with Crippen molar-refractivity contribution in [3.63, 3.8) is 0 Å². The monoisotopic (exact) mass is 1030 g/mol. The molecule has 410 valence electrons. The Labute approximate surface area is 431 Å². The highest BCUT2D eigenvalue weighted by molar-refractivity contribution is 5.98. The van der Waals surface area contributed by atoms with E-state index in [1.165, 1.54) is 59.7 Å². The number of hydrogen-bond acceptors (Lipinski definition) is 11. The molecule has 2 aliphatic carbocycles. The van der Waals surface area contributed by atoms with Gasteiger partial charge in [-0.15, -0.1) is 0 Å². The average molecular weight is 1030 g/mol. The van der Waals surface area contributed by atoms with Gasteiger partial charge >= 0.3 is 0 Å². The number of hydrogen-bond donors (Lipinski definition) is 3. The topological polar surface area (TPSA) is 250 Å². The molecule has 4 rings (SSSR count). The molecular formula is C51H85N11O11. The van der Waals surface area contributed by atoms with Gasteiger partial charge in [-0.2, -0.15) is 0 Å². The van der Waals surface area contributed by atoms with Gasteiger partial charge in [0.15, 0.2) is 0 Å². The quantitative estimate of drug-likeness (QED) is 0.332. The Balaban J connectivity index is 1.67. The molecule has 0 radical (unpaired) electrons. The second-order valence-electron chi connectivity index (χ2n) is 21.7. The molecule has 0 aromatic rings. The molecule has 2 saturated carbocycles. The highest BCUT2D eigenvalue weighted by Gasteiger charge is 2.50. The second-order valence-corrected chi connectivity index (χ2v) is 21.7. The Kier molecular flexibility index (Phi) is 21.6. The van der Waals surface area contributed by atoms with Gasteiger partial charge in [-0.25, -0.2) is 0 Å². The van der Waals surface area contributed by atoms with E-state index in [1.54, 1.807) is 27.9 Å². The van der Waals surface area contributed by atoms with E-state index in [-0.39, 0.29) is 37.1 Å². The number of nitrogens with one attached hydrogen (secondary N) is 3. The van der Waals surface area contributed by atoms with Crippen molar-refractivity contribution in [3.8, 4) is 0 Å². The van der Waals surface area contributed by atoms with E-state index in [2.05, 4.69) is 16.0 Å². The maximum absolute atomic E-state index is 14.9. The molecule has 0 aromatic carbocycles. The van der Waals surface area contributed by atoms with Crippen molar-refractivity contribution >= 4 is 65.0 Å². The van der Waals surface area contributed by atoms with Crippen LogP contribution in [0.3, 0.4) is 0 Å². The van der Waals surface area contributed by atoms with Crippen molar-refractivity contribution < 1.29 is 52.7 Å². The van der Waals surface area contributed by atoms with Crippen LogP contribution in [-0.4, -0.2) is 229 Å². The first-order chi connectivity index (χ1) is 34.2. The molecule has 1 spiro atoms. The standard InChI is InChI=1S/C51H85N11O11/c1-13-33(4)44-48(71)58(9)31-43(68)57(8)30-42(67)56(7)29-41(66)55(6)28-38(63)52-27-40(65)62-24-18-21-36(62)47(70)54-51(22-16-17-23-51)50(73)61(12)45(35-19-14-15-20-35)49(72)59(10)34(5)26-39(64)60(11)37(25-32(2)3)46(69)53-44/h32-37,44-45H,13-31H2,1-12H3,(H,52,63)(H,53,69)(H,54,70)/t33-,34?,36?,37?,44?,45?/m0/s1. The van der Waals surface area contributed by atoms with Gasteiger partial charge in [0.1, 0.15) is 29.7 Å². The fourth-order valence-corrected chi connectivity index (χ4v) is 10.5. The van der Waals surface area contributed by atoms with Crippen LogP contribution in [0.25, 0.3) is 0 Å². The van der Waals surface area contributed by atoms with Gasteiger partial charge in [-0.1, -0.05) is 59.8 Å². The predicted molar refractivity (Wildman–Crippen MR) is 270 cm³/mol. The van der Waals surface area contributed by atoms with Crippen LogP contribution in [-0.2, 0) is 52.7 Å². The van der Waals surface area contributed by atoms with Gasteiger partial charge in [0.05, 0.1) is 32.7 Å². The molecule has 5 unspecified atom stereocenters. The summed E-state index contributed by atoms with van der Waals surface area (Å²) in [5, 5.41) is 8.47. The zero-order chi connectivity index (χ0) is 54.6. The molecule has 2 aliphatic heterocycles. The molecule has 22 heteroatoms. The van der Waals surface area contributed by atoms with E-state index < -0.39 is 133 Å². The summed E-state index contributed by atoms with van der Waals surface area (Å²) in [4.78, 5) is 163. The number of rotatable bonds is 5. The Bertz CT molecular complexity index is 2060.